The lowest BCUT2D eigenvalue weighted by atomic mass is 10.3. The highest BCUT2D eigenvalue weighted by Gasteiger charge is 2.04. The van der Waals surface area contributed by atoms with Gasteiger partial charge in [-0.15, -0.1) is 6.58 Å². The SMILES string of the molecule is C=C[C@@H]1CC=CSS1. The summed E-state index contributed by atoms with van der Waals surface area (Å²) in [7, 11) is 3.67. The number of rotatable bonds is 1. The van der Waals surface area contributed by atoms with Crippen LogP contribution in [0.4, 0.5) is 0 Å². The molecule has 1 rings (SSSR count). The lowest BCUT2D eigenvalue weighted by molar-refractivity contribution is 1.08. The molecule has 0 saturated heterocycles. The summed E-state index contributed by atoms with van der Waals surface area (Å²) < 4.78 is 0. The maximum absolute atomic E-state index is 3.72. The molecule has 1 heterocycles. The maximum atomic E-state index is 3.72. The fraction of sp³-hybridized carbons (Fsp3) is 0.333. The Balaban J connectivity index is 2.37. The summed E-state index contributed by atoms with van der Waals surface area (Å²) in [5.41, 5.74) is 0. The van der Waals surface area contributed by atoms with Crippen molar-refractivity contribution in [3.63, 3.8) is 0 Å². The second-order valence-electron chi connectivity index (χ2n) is 1.57. The lowest BCUT2D eigenvalue weighted by Crippen LogP contribution is -1.94. The zero-order chi connectivity index (χ0) is 5.82. The van der Waals surface area contributed by atoms with Gasteiger partial charge in [0.05, 0.1) is 0 Å². The van der Waals surface area contributed by atoms with Crippen LogP contribution in [0.1, 0.15) is 6.42 Å². The summed E-state index contributed by atoms with van der Waals surface area (Å²) in [6.45, 7) is 3.72. The van der Waals surface area contributed by atoms with Crippen molar-refractivity contribution in [1.82, 2.24) is 0 Å². The van der Waals surface area contributed by atoms with Crippen LogP contribution in [0.5, 0.6) is 0 Å². The first-order valence-electron chi connectivity index (χ1n) is 2.53. The molecule has 0 amide bonds. The van der Waals surface area contributed by atoms with E-state index >= 15 is 0 Å². The van der Waals surface area contributed by atoms with Crippen molar-refractivity contribution >= 4 is 21.6 Å². The van der Waals surface area contributed by atoms with Crippen molar-refractivity contribution in [2.75, 3.05) is 0 Å². The van der Waals surface area contributed by atoms with E-state index in [9.17, 15) is 0 Å². The van der Waals surface area contributed by atoms with Gasteiger partial charge in [0.2, 0.25) is 0 Å². The van der Waals surface area contributed by atoms with E-state index in [0.717, 1.165) is 6.42 Å². The molecule has 0 bridgehead atoms. The van der Waals surface area contributed by atoms with E-state index in [2.05, 4.69) is 18.1 Å². The fourth-order valence-corrected chi connectivity index (χ4v) is 2.50. The van der Waals surface area contributed by atoms with Crippen molar-refractivity contribution in [2.24, 2.45) is 0 Å². The van der Waals surface area contributed by atoms with E-state index in [4.69, 9.17) is 0 Å². The summed E-state index contributed by atoms with van der Waals surface area (Å²) in [5.74, 6) is 0. The second-order valence-corrected chi connectivity index (χ2v) is 3.99. The minimum atomic E-state index is 0.644. The molecule has 1 atom stereocenters. The molecule has 0 aromatic carbocycles. The summed E-state index contributed by atoms with van der Waals surface area (Å²) >= 11 is 0. The van der Waals surface area contributed by atoms with Crippen molar-refractivity contribution < 1.29 is 0 Å². The molecule has 0 radical (unpaired) electrons. The lowest BCUT2D eigenvalue weighted by Gasteiger charge is -2.09. The zero-order valence-electron chi connectivity index (χ0n) is 4.54. The molecule has 1 aliphatic rings. The van der Waals surface area contributed by atoms with Gasteiger partial charge in [0.25, 0.3) is 0 Å². The van der Waals surface area contributed by atoms with E-state index in [1.54, 1.807) is 10.8 Å². The summed E-state index contributed by atoms with van der Waals surface area (Å²) in [6.07, 6.45) is 5.34. The van der Waals surface area contributed by atoms with E-state index in [1.807, 2.05) is 16.9 Å². The van der Waals surface area contributed by atoms with E-state index in [0.29, 0.717) is 5.25 Å². The van der Waals surface area contributed by atoms with Crippen LogP contribution in [0.2, 0.25) is 0 Å². The predicted molar refractivity (Wildman–Crippen MR) is 42.9 cm³/mol. The van der Waals surface area contributed by atoms with E-state index < -0.39 is 0 Å². The Morgan fingerprint density at radius 3 is 3.00 bits per heavy atom. The Kier molecular flexibility index (Phi) is 2.56. The van der Waals surface area contributed by atoms with Crippen LogP contribution in [-0.4, -0.2) is 5.25 Å². The normalized spacial score (nSPS) is 27.8. The van der Waals surface area contributed by atoms with Crippen LogP contribution in [-0.2, 0) is 0 Å². The van der Waals surface area contributed by atoms with Crippen molar-refractivity contribution in [1.29, 1.82) is 0 Å². The number of hydrogen-bond donors (Lipinski definition) is 0. The van der Waals surface area contributed by atoms with Crippen LogP contribution >= 0.6 is 21.6 Å². The summed E-state index contributed by atoms with van der Waals surface area (Å²) in [5, 5.41) is 2.77. The van der Waals surface area contributed by atoms with Gasteiger partial charge >= 0.3 is 0 Å². The molecule has 1 aliphatic heterocycles. The van der Waals surface area contributed by atoms with Crippen LogP contribution in [0.25, 0.3) is 0 Å². The van der Waals surface area contributed by atoms with Gasteiger partial charge in [0, 0.05) is 5.25 Å². The fourth-order valence-electron chi connectivity index (χ4n) is 0.507. The Labute approximate surface area is 57.8 Å². The average Bonchev–Trinajstić information content (AvgIpc) is 1.90. The molecule has 2 heteroatoms. The first-order valence-corrected chi connectivity index (χ1v) is 4.81. The molecule has 8 heavy (non-hydrogen) atoms. The third kappa shape index (κ3) is 1.60. The monoisotopic (exact) mass is 144 g/mol. The highest BCUT2D eigenvalue weighted by atomic mass is 33.1. The molecule has 0 N–H and O–H groups in total. The third-order valence-corrected chi connectivity index (χ3v) is 3.42. The Morgan fingerprint density at radius 2 is 2.62 bits per heavy atom. The standard InChI is InChI=1S/C6H8S2/c1-2-6-4-3-5-7-8-6/h2-3,5-6H,1,4H2/t6-/m1/s1. The van der Waals surface area contributed by atoms with Crippen molar-refractivity contribution in [3.05, 3.63) is 24.1 Å². The van der Waals surface area contributed by atoms with Gasteiger partial charge in [-0.1, -0.05) is 33.7 Å². The minimum absolute atomic E-state index is 0.644. The molecule has 0 saturated carbocycles. The highest BCUT2D eigenvalue weighted by Crippen LogP contribution is 2.34. The van der Waals surface area contributed by atoms with Crippen molar-refractivity contribution in [2.45, 2.75) is 11.7 Å². The zero-order valence-corrected chi connectivity index (χ0v) is 6.17. The van der Waals surface area contributed by atoms with Crippen LogP contribution in [0.3, 0.4) is 0 Å². The van der Waals surface area contributed by atoms with Gasteiger partial charge in [-0.2, -0.15) is 0 Å². The van der Waals surface area contributed by atoms with Gasteiger partial charge < -0.3 is 0 Å². The van der Waals surface area contributed by atoms with Gasteiger partial charge in [-0.25, -0.2) is 0 Å². The Hall–Kier alpha value is 0.180. The number of hydrogen-bond acceptors (Lipinski definition) is 2. The number of allylic oxidation sites excluding steroid dienone is 1. The van der Waals surface area contributed by atoms with Gasteiger partial charge in [0.1, 0.15) is 0 Å². The molecule has 0 aliphatic carbocycles. The van der Waals surface area contributed by atoms with Crippen molar-refractivity contribution in [3.8, 4) is 0 Å². The Morgan fingerprint density at radius 1 is 1.75 bits per heavy atom. The molecule has 0 nitrogen and oxygen atoms in total. The second kappa shape index (κ2) is 3.25. The first kappa shape index (κ1) is 6.30. The molecule has 0 unspecified atom stereocenters. The molecule has 44 valence electrons. The first-order chi connectivity index (χ1) is 3.93. The van der Waals surface area contributed by atoms with E-state index in [1.165, 1.54) is 0 Å². The highest BCUT2D eigenvalue weighted by molar-refractivity contribution is 8.78. The molecular weight excluding hydrogens is 136 g/mol. The average molecular weight is 144 g/mol. The minimum Gasteiger partial charge on any atom is -0.102 e. The summed E-state index contributed by atoms with van der Waals surface area (Å²) in [4.78, 5) is 0. The van der Waals surface area contributed by atoms with Crippen LogP contribution in [0.15, 0.2) is 24.1 Å². The molecule has 0 aromatic rings. The smallest absolute Gasteiger partial charge is 0.0366 e. The molecule has 0 spiro atoms. The van der Waals surface area contributed by atoms with Crippen LogP contribution < -0.4 is 0 Å². The van der Waals surface area contributed by atoms with Gasteiger partial charge in [-0.3, -0.25) is 0 Å². The maximum Gasteiger partial charge on any atom is 0.0366 e. The van der Waals surface area contributed by atoms with E-state index in [-0.39, 0.29) is 0 Å². The Bertz CT molecular complexity index is 107. The van der Waals surface area contributed by atoms with Gasteiger partial charge in [0.15, 0.2) is 0 Å². The van der Waals surface area contributed by atoms with Gasteiger partial charge in [-0.05, 0) is 11.8 Å². The largest absolute Gasteiger partial charge is 0.102 e. The topological polar surface area (TPSA) is 0 Å². The summed E-state index contributed by atoms with van der Waals surface area (Å²) in [6, 6.07) is 0. The quantitative estimate of drug-likeness (QED) is 0.410. The third-order valence-electron chi connectivity index (χ3n) is 0.962. The predicted octanol–water partition coefficient (Wildman–Crippen LogP) is 2.84. The van der Waals surface area contributed by atoms with Crippen LogP contribution in [0, 0.1) is 0 Å². The molecule has 0 aromatic heterocycles. The molecular formula is C6H8S2. The molecule has 0 fully saturated rings.